The molecule has 0 fully saturated rings. The summed E-state index contributed by atoms with van der Waals surface area (Å²) in [5.74, 6) is -2.85. The minimum atomic E-state index is -5.19. The zero-order chi connectivity index (χ0) is 17.4. The van der Waals surface area contributed by atoms with Gasteiger partial charge in [0.05, 0.1) is 12.3 Å². The Hall–Kier alpha value is -1.81. The molecule has 1 aromatic carbocycles. The van der Waals surface area contributed by atoms with Crippen LogP contribution in [-0.4, -0.2) is 26.3 Å². The zero-order valence-corrected chi connectivity index (χ0v) is 12.6. The molecule has 0 aliphatic rings. The second-order valence-corrected chi connectivity index (χ2v) is 5.99. The Balaban J connectivity index is 0.000000534. The van der Waals surface area contributed by atoms with E-state index in [0.717, 1.165) is 5.56 Å². The number of hydrogen-bond donors (Lipinski definition) is 2. The van der Waals surface area contributed by atoms with Gasteiger partial charge in [-0.25, -0.2) is 8.42 Å². The molecular weight excluding hydrogens is 325 g/mol. The first-order valence-corrected chi connectivity index (χ1v) is 7.84. The Bertz CT molecular complexity index is 571. The molecule has 6 nitrogen and oxygen atoms in total. The Kier molecular flexibility index (Phi) is 7.88. The molecule has 0 aliphatic heterocycles. The summed E-state index contributed by atoms with van der Waals surface area (Å²) in [6.45, 7) is 2.55. The number of quaternary nitrogens is 1. The maximum atomic E-state index is 11.4. The summed E-state index contributed by atoms with van der Waals surface area (Å²) in [6.07, 6.45) is -4.58. The fourth-order valence-corrected chi connectivity index (χ4v) is 2.37. The highest BCUT2D eigenvalue weighted by molar-refractivity contribution is 7.92. The number of benzene rings is 1. The van der Waals surface area contributed by atoms with Crippen LogP contribution in [0.2, 0.25) is 0 Å². The Labute approximate surface area is 126 Å². The van der Waals surface area contributed by atoms with Crippen LogP contribution in [0.1, 0.15) is 18.9 Å². The second kappa shape index (κ2) is 8.59. The van der Waals surface area contributed by atoms with E-state index in [2.05, 4.69) is 10.5 Å². The van der Waals surface area contributed by atoms with E-state index in [1.54, 1.807) is 12.1 Å². The molecule has 0 spiro atoms. The van der Waals surface area contributed by atoms with E-state index in [1.165, 1.54) is 0 Å². The third-order valence-corrected chi connectivity index (χ3v) is 3.71. The van der Waals surface area contributed by atoms with Crippen LogP contribution in [0, 0.1) is 0 Å². The molecule has 1 rings (SSSR count). The number of carboxylic acid groups (broad SMARTS) is 1. The predicted octanol–water partition coefficient (Wildman–Crippen LogP) is -0.121. The number of hydrogen-bond acceptors (Lipinski definition) is 4. The van der Waals surface area contributed by atoms with Crippen LogP contribution in [0.4, 0.5) is 18.9 Å². The molecule has 0 saturated carbocycles. The maximum absolute atomic E-state index is 11.4. The van der Waals surface area contributed by atoms with E-state index >= 15 is 0 Å². The van der Waals surface area contributed by atoms with Crippen molar-refractivity contribution in [3.63, 3.8) is 0 Å². The third kappa shape index (κ3) is 8.47. The zero-order valence-electron chi connectivity index (χ0n) is 11.8. The number of rotatable bonds is 5. The maximum Gasteiger partial charge on any atom is 0.430 e. The topological polar surface area (TPSA) is 114 Å². The fraction of sp³-hybridized carbons (Fsp3) is 0.417. The van der Waals surface area contributed by atoms with Crippen LogP contribution >= 0.6 is 0 Å². The minimum Gasteiger partial charge on any atom is -0.542 e. The lowest BCUT2D eigenvalue weighted by Crippen LogP contribution is -2.47. The van der Waals surface area contributed by atoms with Gasteiger partial charge in [0.15, 0.2) is 0 Å². The second-order valence-electron chi connectivity index (χ2n) is 4.15. The molecule has 0 heterocycles. The number of anilines is 1. The molecule has 10 heteroatoms. The van der Waals surface area contributed by atoms with Crippen molar-refractivity contribution in [3.8, 4) is 0 Å². The predicted molar refractivity (Wildman–Crippen MR) is 71.8 cm³/mol. The normalized spacial score (nSPS) is 11.3. The smallest absolute Gasteiger partial charge is 0.430 e. The van der Waals surface area contributed by atoms with Gasteiger partial charge >= 0.3 is 6.18 Å². The van der Waals surface area contributed by atoms with Crippen LogP contribution in [0.15, 0.2) is 24.3 Å². The summed E-state index contributed by atoms with van der Waals surface area (Å²) in [4.78, 5) is 8.78. The van der Waals surface area contributed by atoms with Gasteiger partial charge in [0.1, 0.15) is 5.97 Å². The van der Waals surface area contributed by atoms with Crippen LogP contribution in [0.3, 0.4) is 0 Å². The summed E-state index contributed by atoms with van der Waals surface area (Å²) >= 11 is 0. The van der Waals surface area contributed by atoms with Crippen LogP contribution in [-0.2, 0) is 21.4 Å². The quantitative estimate of drug-likeness (QED) is 0.776. The van der Waals surface area contributed by atoms with E-state index in [4.69, 9.17) is 9.90 Å². The average Bonchev–Trinajstić information content (AvgIpc) is 2.38. The number of carboxylic acids is 1. The third-order valence-electron chi connectivity index (χ3n) is 2.22. The van der Waals surface area contributed by atoms with E-state index in [-0.39, 0.29) is 5.75 Å². The van der Waals surface area contributed by atoms with E-state index < -0.39 is 22.2 Å². The van der Waals surface area contributed by atoms with Gasteiger partial charge in [-0.3, -0.25) is 4.72 Å². The van der Waals surface area contributed by atoms with E-state index in [1.807, 2.05) is 19.1 Å². The first-order valence-electron chi connectivity index (χ1n) is 6.18. The Morgan fingerprint density at radius 1 is 1.27 bits per heavy atom. The van der Waals surface area contributed by atoms with Gasteiger partial charge in [-0.05, 0) is 18.6 Å². The standard InChI is InChI=1S/C10H16N2O2S.C2HF3O2/c1-2-7-15(13,14)12-10-5-3-9(8-11)4-6-10;3-2(4,5)1(6)7/h3-6,12H,2,7-8,11H2,1H3;(H,6,7). The fourth-order valence-electron chi connectivity index (χ4n) is 1.24. The van der Waals surface area contributed by atoms with Crippen molar-refractivity contribution in [2.75, 3.05) is 10.5 Å². The highest BCUT2D eigenvalue weighted by Gasteiger charge is 2.28. The lowest BCUT2D eigenvalue weighted by molar-refractivity contribution is -0.386. The van der Waals surface area contributed by atoms with Crippen molar-refractivity contribution >= 4 is 21.7 Å². The average molecular weight is 342 g/mol. The summed E-state index contributed by atoms with van der Waals surface area (Å²) < 4.78 is 56.9. The molecule has 0 saturated heterocycles. The van der Waals surface area contributed by atoms with Crippen molar-refractivity contribution in [1.29, 1.82) is 0 Å². The number of carbonyl (C=O) groups is 1. The highest BCUT2D eigenvalue weighted by Crippen LogP contribution is 2.12. The summed E-state index contributed by atoms with van der Waals surface area (Å²) in [6, 6.07) is 7.26. The molecule has 0 aliphatic carbocycles. The van der Waals surface area contributed by atoms with Gasteiger partial charge in [0, 0.05) is 11.3 Å². The first kappa shape index (κ1) is 20.2. The number of carbonyl (C=O) groups excluding carboxylic acids is 1. The molecule has 0 amide bonds. The van der Waals surface area contributed by atoms with Gasteiger partial charge in [-0.1, -0.05) is 19.1 Å². The van der Waals surface area contributed by atoms with Crippen molar-refractivity contribution < 1.29 is 37.2 Å². The van der Waals surface area contributed by atoms with Crippen molar-refractivity contribution in [3.05, 3.63) is 29.8 Å². The number of alkyl halides is 3. The van der Waals surface area contributed by atoms with Gasteiger partial charge < -0.3 is 15.6 Å². The molecule has 0 unspecified atom stereocenters. The van der Waals surface area contributed by atoms with Crippen LogP contribution in [0.25, 0.3) is 0 Å². The molecule has 0 bridgehead atoms. The molecule has 0 aromatic heterocycles. The van der Waals surface area contributed by atoms with Gasteiger partial charge in [0.2, 0.25) is 10.0 Å². The number of sulfonamides is 1. The molecule has 4 N–H and O–H groups in total. The monoisotopic (exact) mass is 342 g/mol. The van der Waals surface area contributed by atoms with Crippen molar-refractivity contribution in [1.82, 2.24) is 0 Å². The SMILES string of the molecule is CCCS(=O)(=O)Nc1ccc(C[NH3+])cc1.O=C([O-])C(F)(F)F. The lowest BCUT2D eigenvalue weighted by atomic mass is 10.2. The first-order chi connectivity index (χ1) is 10.0. The minimum absolute atomic E-state index is 0.157. The molecular formula is C12H17F3N2O4S. The van der Waals surface area contributed by atoms with Gasteiger partial charge in [-0.15, -0.1) is 0 Å². The molecule has 126 valence electrons. The van der Waals surface area contributed by atoms with Crippen LogP contribution < -0.4 is 15.6 Å². The number of aliphatic carboxylic acids is 1. The molecule has 0 atom stereocenters. The lowest BCUT2D eigenvalue weighted by Gasteiger charge is -2.06. The van der Waals surface area contributed by atoms with E-state index in [9.17, 15) is 21.6 Å². The summed E-state index contributed by atoms with van der Waals surface area (Å²) in [5, 5.41) is 8.78. The molecule has 1 aromatic rings. The summed E-state index contributed by atoms with van der Waals surface area (Å²) in [7, 11) is -3.17. The Morgan fingerprint density at radius 2 is 1.73 bits per heavy atom. The van der Waals surface area contributed by atoms with Crippen molar-refractivity contribution in [2.24, 2.45) is 0 Å². The highest BCUT2D eigenvalue weighted by atomic mass is 32.2. The van der Waals surface area contributed by atoms with Crippen LogP contribution in [0.5, 0.6) is 0 Å². The molecule has 0 radical (unpaired) electrons. The Morgan fingerprint density at radius 3 is 2.05 bits per heavy atom. The van der Waals surface area contributed by atoms with E-state index in [0.29, 0.717) is 18.7 Å². The van der Waals surface area contributed by atoms with Crippen molar-refractivity contribution in [2.45, 2.75) is 26.1 Å². The largest absolute Gasteiger partial charge is 0.542 e. The number of halogens is 3. The number of nitrogens with one attached hydrogen (secondary N) is 1. The summed E-state index contributed by atoms with van der Waals surface area (Å²) in [5.41, 5.74) is 5.45. The van der Waals surface area contributed by atoms with Gasteiger partial charge in [-0.2, -0.15) is 13.2 Å². The van der Waals surface area contributed by atoms with Gasteiger partial charge in [0.25, 0.3) is 0 Å². The molecule has 22 heavy (non-hydrogen) atoms.